The molecule has 1 fully saturated rings. The molecule has 1 saturated heterocycles. The number of hydrogen-bond acceptors (Lipinski definition) is 4. The van der Waals surface area contributed by atoms with Crippen molar-refractivity contribution in [3.63, 3.8) is 0 Å². The van der Waals surface area contributed by atoms with Gasteiger partial charge in [0.1, 0.15) is 5.75 Å². The molecular weight excluding hydrogens is 419 g/mol. The fourth-order valence-corrected chi connectivity index (χ4v) is 2.72. The van der Waals surface area contributed by atoms with Crippen molar-refractivity contribution in [3.8, 4) is 5.75 Å². The number of rotatable bonds is 6. The predicted molar refractivity (Wildman–Crippen MR) is 110 cm³/mol. The molecule has 7 heteroatoms. The summed E-state index contributed by atoms with van der Waals surface area (Å²) < 4.78 is 10.6. The Labute approximate surface area is 162 Å². The number of para-hydroxylation sites is 2. The number of ether oxygens (including phenoxy) is 2. The van der Waals surface area contributed by atoms with Crippen molar-refractivity contribution < 1.29 is 9.47 Å². The Morgan fingerprint density at radius 2 is 1.88 bits per heavy atom. The van der Waals surface area contributed by atoms with Crippen LogP contribution < -0.4 is 15.0 Å². The Balaban J connectivity index is 0.00000288. The molecule has 1 aromatic rings. The summed E-state index contributed by atoms with van der Waals surface area (Å²) in [5.41, 5.74) is 1.16. The van der Waals surface area contributed by atoms with E-state index >= 15 is 0 Å². The number of nitrogens with zero attached hydrogens (tertiary/aromatic N) is 3. The lowest BCUT2D eigenvalue weighted by molar-refractivity contribution is 0.207. The standard InChI is InChI=1S/C17H28N4O2.HI/c1-4-18-17(19-9-14-22-2)21-12-10-20(11-13-21)15-7-5-6-8-16(15)23-3;/h5-8H,4,9-14H2,1-3H3,(H,18,19);1H. The highest BCUT2D eigenvalue weighted by atomic mass is 127. The van der Waals surface area contributed by atoms with Crippen molar-refractivity contribution in [1.29, 1.82) is 0 Å². The van der Waals surface area contributed by atoms with Crippen molar-refractivity contribution in [2.45, 2.75) is 6.92 Å². The minimum absolute atomic E-state index is 0. The van der Waals surface area contributed by atoms with E-state index < -0.39 is 0 Å². The molecule has 0 aromatic heterocycles. The summed E-state index contributed by atoms with van der Waals surface area (Å²) in [7, 11) is 3.43. The maximum absolute atomic E-state index is 5.47. The molecule has 1 aliphatic rings. The monoisotopic (exact) mass is 448 g/mol. The van der Waals surface area contributed by atoms with Crippen LogP contribution in [0.4, 0.5) is 5.69 Å². The first-order valence-corrected chi connectivity index (χ1v) is 8.20. The van der Waals surface area contributed by atoms with Gasteiger partial charge in [-0.25, -0.2) is 0 Å². The van der Waals surface area contributed by atoms with Gasteiger partial charge in [-0.3, -0.25) is 4.99 Å². The Morgan fingerprint density at radius 3 is 2.50 bits per heavy atom. The van der Waals surface area contributed by atoms with Gasteiger partial charge in [0.05, 0.1) is 25.9 Å². The first kappa shape index (κ1) is 20.8. The molecule has 0 unspecified atom stereocenters. The molecule has 6 nitrogen and oxygen atoms in total. The molecule has 136 valence electrons. The topological polar surface area (TPSA) is 49.3 Å². The molecule has 0 aliphatic carbocycles. The Kier molecular flexibility index (Phi) is 9.85. The largest absolute Gasteiger partial charge is 0.495 e. The summed E-state index contributed by atoms with van der Waals surface area (Å²) >= 11 is 0. The lowest BCUT2D eigenvalue weighted by Crippen LogP contribution is -2.52. The Bertz CT molecular complexity index is 505. The minimum atomic E-state index is 0. The summed E-state index contributed by atoms with van der Waals surface area (Å²) in [6.07, 6.45) is 0. The molecule has 2 rings (SSSR count). The zero-order chi connectivity index (χ0) is 16.5. The van der Waals surface area contributed by atoms with E-state index in [1.54, 1.807) is 14.2 Å². The molecule has 0 radical (unpaired) electrons. The van der Waals surface area contributed by atoms with Gasteiger partial charge < -0.3 is 24.6 Å². The van der Waals surface area contributed by atoms with Crippen molar-refractivity contribution in [2.75, 3.05) is 65.0 Å². The highest BCUT2D eigenvalue weighted by molar-refractivity contribution is 14.0. The zero-order valence-corrected chi connectivity index (χ0v) is 17.2. The molecule has 0 bridgehead atoms. The third-order valence-corrected chi connectivity index (χ3v) is 3.90. The van der Waals surface area contributed by atoms with E-state index in [0.29, 0.717) is 13.2 Å². The van der Waals surface area contributed by atoms with Gasteiger partial charge in [-0.2, -0.15) is 0 Å². The van der Waals surface area contributed by atoms with Crippen LogP contribution in [0.25, 0.3) is 0 Å². The van der Waals surface area contributed by atoms with Crippen LogP contribution in [-0.4, -0.2) is 71.0 Å². The number of halogens is 1. The second-order valence-electron chi connectivity index (χ2n) is 5.37. The SMILES string of the molecule is CCNC(=NCCOC)N1CCN(c2ccccc2OC)CC1.I. The van der Waals surface area contributed by atoms with Gasteiger partial charge in [-0.1, -0.05) is 12.1 Å². The Morgan fingerprint density at radius 1 is 1.17 bits per heavy atom. The number of guanidine groups is 1. The van der Waals surface area contributed by atoms with E-state index in [9.17, 15) is 0 Å². The van der Waals surface area contributed by atoms with Crippen molar-refractivity contribution in [1.82, 2.24) is 10.2 Å². The van der Waals surface area contributed by atoms with E-state index in [4.69, 9.17) is 9.47 Å². The summed E-state index contributed by atoms with van der Waals surface area (Å²) in [5.74, 6) is 1.91. The van der Waals surface area contributed by atoms with Crippen LogP contribution in [0.5, 0.6) is 5.75 Å². The molecule has 0 amide bonds. The first-order valence-electron chi connectivity index (χ1n) is 8.20. The summed E-state index contributed by atoms with van der Waals surface area (Å²) in [6, 6.07) is 8.19. The van der Waals surface area contributed by atoms with Crippen LogP contribution in [0.3, 0.4) is 0 Å². The fourth-order valence-electron chi connectivity index (χ4n) is 2.72. The number of methoxy groups -OCH3 is 2. The van der Waals surface area contributed by atoms with Crippen LogP contribution in [0.2, 0.25) is 0 Å². The van der Waals surface area contributed by atoms with Gasteiger partial charge >= 0.3 is 0 Å². The maximum Gasteiger partial charge on any atom is 0.194 e. The number of anilines is 1. The fraction of sp³-hybridized carbons (Fsp3) is 0.588. The van der Waals surface area contributed by atoms with Crippen LogP contribution in [0.15, 0.2) is 29.3 Å². The van der Waals surface area contributed by atoms with Crippen LogP contribution in [0.1, 0.15) is 6.92 Å². The number of benzene rings is 1. The zero-order valence-electron chi connectivity index (χ0n) is 14.8. The lowest BCUT2D eigenvalue weighted by Gasteiger charge is -2.38. The van der Waals surface area contributed by atoms with Crippen molar-refractivity contribution in [2.24, 2.45) is 4.99 Å². The third kappa shape index (κ3) is 5.70. The number of aliphatic imine (C=N–C) groups is 1. The molecule has 1 aliphatic heterocycles. The Hall–Kier alpha value is -1.22. The second-order valence-corrected chi connectivity index (χ2v) is 5.37. The van der Waals surface area contributed by atoms with Gasteiger partial charge in [-0.05, 0) is 19.1 Å². The normalized spacial score (nSPS) is 15.0. The molecule has 1 aromatic carbocycles. The quantitative estimate of drug-likeness (QED) is 0.313. The van der Waals surface area contributed by atoms with E-state index in [0.717, 1.165) is 50.1 Å². The van der Waals surface area contributed by atoms with Crippen molar-refractivity contribution >= 4 is 35.6 Å². The smallest absolute Gasteiger partial charge is 0.194 e. The average molecular weight is 448 g/mol. The van der Waals surface area contributed by atoms with E-state index in [1.165, 1.54) is 0 Å². The molecule has 1 N–H and O–H groups in total. The van der Waals surface area contributed by atoms with E-state index in [2.05, 4.69) is 39.2 Å². The number of piperazine rings is 1. The van der Waals surface area contributed by atoms with Gasteiger partial charge in [0.15, 0.2) is 5.96 Å². The highest BCUT2D eigenvalue weighted by Gasteiger charge is 2.21. The molecular formula is C17H29IN4O2. The molecule has 0 atom stereocenters. The minimum Gasteiger partial charge on any atom is -0.495 e. The number of nitrogens with one attached hydrogen (secondary N) is 1. The second kappa shape index (κ2) is 11.4. The summed E-state index contributed by atoms with van der Waals surface area (Å²) in [5, 5.41) is 3.37. The van der Waals surface area contributed by atoms with Crippen LogP contribution in [-0.2, 0) is 4.74 Å². The van der Waals surface area contributed by atoms with Crippen molar-refractivity contribution in [3.05, 3.63) is 24.3 Å². The van der Waals surface area contributed by atoms with Crippen LogP contribution >= 0.6 is 24.0 Å². The van der Waals surface area contributed by atoms with Gasteiger partial charge in [-0.15, -0.1) is 24.0 Å². The highest BCUT2D eigenvalue weighted by Crippen LogP contribution is 2.28. The van der Waals surface area contributed by atoms with Gasteiger partial charge in [0.2, 0.25) is 0 Å². The average Bonchev–Trinajstić information content (AvgIpc) is 2.61. The summed E-state index contributed by atoms with van der Waals surface area (Å²) in [4.78, 5) is 9.30. The molecule has 1 heterocycles. The lowest BCUT2D eigenvalue weighted by atomic mass is 10.2. The van der Waals surface area contributed by atoms with Gasteiger partial charge in [0.25, 0.3) is 0 Å². The molecule has 0 saturated carbocycles. The van der Waals surface area contributed by atoms with E-state index in [-0.39, 0.29) is 24.0 Å². The predicted octanol–water partition coefficient (Wildman–Crippen LogP) is 2.05. The van der Waals surface area contributed by atoms with Crippen LogP contribution in [0, 0.1) is 0 Å². The first-order chi connectivity index (χ1) is 11.3. The maximum atomic E-state index is 5.47. The van der Waals surface area contributed by atoms with Gasteiger partial charge in [0, 0.05) is 39.8 Å². The third-order valence-electron chi connectivity index (χ3n) is 3.90. The van der Waals surface area contributed by atoms with E-state index in [1.807, 2.05) is 12.1 Å². The summed E-state index contributed by atoms with van der Waals surface area (Å²) in [6.45, 7) is 8.09. The molecule has 24 heavy (non-hydrogen) atoms. The number of hydrogen-bond donors (Lipinski definition) is 1. The molecule has 0 spiro atoms.